The number of rotatable bonds is 7. The summed E-state index contributed by atoms with van der Waals surface area (Å²) in [5, 5.41) is 3.30. The van der Waals surface area contributed by atoms with E-state index < -0.39 is 0 Å². The van der Waals surface area contributed by atoms with Crippen LogP contribution in [0.2, 0.25) is 0 Å². The minimum Gasteiger partial charge on any atom is -0.383 e. The molecule has 0 aliphatic rings. The monoisotopic (exact) mass is 188 g/mol. The molecule has 0 spiro atoms. The highest BCUT2D eigenvalue weighted by Crippen LogP contribution is 1.99. The van der Waals surface area contributed by atoms with Crippen LogP contribution in [0.4, 0.5) is 0 Å². The van der Waals surface area contributed by atoms with Crippen molar-refractivity contribution >= 4 is 0 Å². The SMILES string of the molecule is CCC(CN(C)C(C)COC)NC. The third-order valence-electron chi connectivity index (χ3n) is 2.57. The van der Waals surface area contributed by atoms with Crippen LogP contribution in [0.1, 0.15) is 20.3 Å². The summed E-state index contributed by atoms with van der Waals surface area (Å²) >= 11 is 0. The molecule has 0 heterocycles. The molecule has 0 aromatic carbocycles. The smallest absolute Gasteiger partial charge is 0.0615 e. The molecule has 0 aromatic heterocycles. The maximum absolute atomic E-state index is 5.11. The summed E-state index contributed by atoms with van der Waals surface area (Å²) in [4.78, 5) is 2.33. The van der Waals surface area contributed by atoms with Gasteiger partial charge in [-0.1, -0.05) is 6.92 Å². The topological polar surface area (TPSA) is 24.5 Å². The van der Waals surface area contributed by atoms with Gasteiger partial charge in [0.05, 0.1) is 6.61 Å². The molecule has 2 atom stereocenters. The lowest BCUT2D eigenvalue weighted by atomic mass is 10.2. The standard InChI is InChI=1S/C10H24N2O/c1-6-10(11-3)7-12(4)9(2)8-13-5/h9-11H,6-8H2,1-5H3. The molecule has 0 bridgehead atoms. The highest BCUT2D eigenvalue weighted by atomic mass is 16.5. The predicted molar refractivity (Wildman–Crippen MR) is 57.1 cm³/mol. The van der Waals surface area contributed by atoms with Crippen molar-refractivity contribution in [1.82, 2.24) is 10.2 Å². The molecular formula is C10H24N2O. The lowest BCUT2D eigenvalue weighted by Gasteiger charge is -2.27. The Morgan fingerprint density at radius 3 is 2.46 bits per heavy atom. The fourth-order valence-electron chi connectivity index (χ4n) is 1.32. The zero-order valence-electron chi connectivity index (χ0n) is 9.63. The van der Waals surface area contributed by atoms with Gasteiger partial charge >= 0.3 is 0 Å². The zero-order chi connectivity index (χ0) is 10.3. The number of ether oxygens (including phenoxy) is 1. The third-order valence-corrected chi connectivity index (χ3v) is 2.57. The van der Waals surface area contributed by atoms with Gasteiger partial charge in [-0.3, -0.25) is 4.90 Å². The van der Waals surface area contributed by atoms with E-state index in [4.69, 9.17) is 4.74 Å². The lowest BCUT2D eigenvalue weighted by molar-refractivity contribution is 0.109. The van der Waals surface area contributed by atoms with Gasteiger partial charge in [-0.25, -0.2) is 0 Å². The number of nitrogens with zero attached hydrogens (tertiary/aromatic N) is 1. The van der Waals surface area contributed by atoms with Crippen molar-refractivity contribution in [3.05, 3.63) is 0 Å². The average Bonchev–Trinajstić information content (AvgIpc) is 2.14. The van der Waals surface area contributed by atoms with Crippen LogP contribution in [0, 0.1) is 0 Å². The molecule has 3 heteroatoms. The summed E-state index contributed by atoms with van der Waals surface area (Å²) in [5.41, 5.74) is 0. The minimum atomic E-state index is 0.493. The van der Waals surface area contributed by atoms with E-state index in [9.17, 15) is 0 Å². The number of nitrogens with one attached hydrogen (secondary N) is 1. The molecule has 0 saturated heterocycles. The van der Waals surface area contributed by atoms with Crippen molar-refractivity contribution in [3.63, 3.8) is 0 Å². The molecule has 3 nitrogen and oxygen atoms in total. The zero-order valence-corrected chi connectivity index (χ0v) is 9.63. The molecule has 13 heavy (non-hydrogen) atoms. The summed E-state index contributed by atoms with van der Waals surface area (Å²) in [6.07, 6.45) is 1.17. The highest BCUT2D eigenvalue weighted by molar-refractivity contribution is 4.70. The summed E-state index contributed by atoms with van der Waals surface area (Å²) < 4.78 is 5.11. The van der Waals surface area contributed by atoms with Gasteiger partial charge in [-0.2, -0.15) is 0 Å². The average molecular weight is 188 g/mol. The Kier molecular flexibility index (Phi) is 7.23. The van der Waals surface area contributed by atoms with E-state index in [0.29, 0.717) is 12.1 Å². The number of likely N-dealkylation sites (N-methyl/N-ethyl adjacent to an activating group) is 2. The van der Waals surface area contributed by atoms with Crippen molar-refractivity contribution < 1.29 is 4.74 Å². The van der Waals surface area contributed by atoms with E-state index in [1.807, 2.05) is 7.05 Å². The van der Waals surface area contributed by atoms with Gasteiger partial charge in [0.2, 0.25) is 0 Å². The van der Waals surface area contributed by atoms with E-state index in [1.165, 1.54) is 6.42 Å². The van der Waals surface area contributed by atoms with Gasteiger partial charge in [0.15, 0.2) is 0 Å². The van der Waals surface area contributed by atoms with E-state index >= 15 is 0 Å². The molecule has 2 unspecified atom stereocenters. The van der Waals surface area contributed by atoms with Crippen molar-refractivity contribution in [2.45, 2.75) is 32.4 Å². The quantitative estimate of drug-likeness (QED) is 0.644. The van der Waals surface area contributed by atoms with Gasteiger partial charge in [-0.15, -0.1) is 0 Å². The number of methoxy groups -OCH3 is 1. The fourth-order valence-corrected chi connectivity index (χ4v) is 1.32. The Balaban J connectivity index is 3.75. The fraction of sp³-hybridized carbons (Fsp3) is 1.00. The van der Waals surface area contributed by atoms with Gasteiger partial charge in [0.25, 0.3) is 0 Å². The Labute approximate surface area is 82.4 Å². The highest BCUT2D eigenvalue weighted by Gasteiger charge is 2.12. The summed E-state index contributed by atoms with van der Waals surface area (Å²) in [5.74, 6) is 0. The molecule has 0 saturated carbocycles. The molecule has 0 aliphatic carbocycles. The van der Waals surface area contributed by atoms with Crippen molar-refractivity contribution in [3.8, 4) is 0 Å². The van der Waals surface area contributed by atoms with Gasteiger partial charge in [0.1, 0.15) is 0 Å². The first-order valence-electron chi connectivity index (χ1n) is 5.02. The van der Waals surface area contributed by atoms with Crippen LogP contribution in [0.25, 0.3) is 0 Å². The van der Waals surface area contributed by atoms with Crippen molar-refractivity contribution in [1.29, 1.82) is 0 Å². The molecule has 0 amide bonds. The summed E-state index contributed by atoms with van der Waals surface area (Å²) in [7, 11) is 5.91. The maximum Gasteiger partial charge on any atom is 0.0615 e. The van der Waals surface area contributed by atoms with Crippen molar-refractivity contribution in [2.75, 3.05) is 34.4 Å². The Morgan fingerprint density at radius 2 is 2.08 bits per heavy atom. The van der Waals surface area contributed by atoms with Crippen LogP contribution in [0.5, 0.6) is 0 Å². The molecule has 0 aromatic rings. The van der Waals surface area contributed by atoms with E-state index in [0.717, 1.165) is 13.2 Å². The molecule has 0 fully saturated rings. The van der Waals surface area contributed by atoms with Gasteiger partial charge in [-0.05, 0) is 27.4 Å². The third kappa shape index (κ3) is 5.24. The Bertz CT molecular complexity index is 115. The van der Waals surface area contributed by atoms with E-state index in [2.05, 4.69) is 31.1 Å². The molecular weight excluding hydrogens is 164 g/mol. The lowest BCUT2D eigenvalue weighted by Crippen LogP contribution is -2.42. The van der Waals surface area contributed by atoms with Gasteiger partial charge < -0.3 is 10.1 Å². The first-order valence-corrected chi connectivity index (χ1v) is 5.02. The second kappa shape index (κ2) is 7.30. The first kappa shape index (κ1) is 12.9. The van der Waals surface area contributed by atoms with Crippen LogP contribution < -0.4 is 5.32 Å². The Hall–Kier alpha value is -0.120. The summed E-state index contributed by atoms with van der Waals surface area (Å²) in [6.45, 7) is 6.27. The predicted octanol–water partition coefficient (Wildman–Crippen LogP) is 0.951. The van der Waals surface area contributed by atoms with Crippen molar-refractivity contribution in [2.24, 2.45) is 0 Å². The van der Waals surface area contributed by atoms with Gasteiger partial charge in [0, 0.05) is 25.7 Å². The number of hydrogen-bond donors (Lipinski definition) is 1. The number of hydrogen-bond acceptors (Lipinski definition) is 3. The van der Waals surface area contributed by atoms with Crippen LogP contribution >= 0.6 is 0 Å². The first-order chi connectivity index (χ1) is 6.15. The van der Waals surface area contributed by atoms with Crippen LogP contribution in [0.15, 0.2) is 0 Å². The largest absolute Gasteiger partial charge is 0.383 e. The Morgan fingerprint density at radius 1 is 1.46 bits per heavy atom. The normalized spacial score (nSPS) is 16.2. The molecule has 80 valence electrons. The van der Waals surface area contributed by atoms with Crippen LogP contribution in [-0.4, -0.2) is 51.3 Å². The molecule has 1 N–H and O–H groups in total. The van der Waals surface area contributed by atoms with Crippen LogP contribution in [-0.2, 0) is 4.74 Å². The maximum atomic E-state index is 5.11. The molecule has 0 rings (SSSR count). The minimum absolute atomic E-state index is 0.493. The summed E-state index contributed by atoms with van der Waals surface area (Å²) in [6, 6.07) is 1.08. The second-order valence-corrected chi connectivity index (χ2v) is 3.64. The molecule has 0 radical (unpaired) electrons. The second-order valence-electron chi connectivity index (χ2n) is 3.64. The van der Waals surface area contributed by atoms with Crippen LogP contribution in [0.3, 0.4) is 0 Å². The van der Waals surface area contributed by atoms with E-state index in [-0.39, 0.29) is 0 Å². The van der Waals surface area contributed by atoms with E-state index in [1.54, 1.807) is 7.11 Å². The molecule has 0 aliphatic heterocycles.